The van der Waals surface area contributed by atoms with Gasteiger partial charge in [0.15, 0.2) is 0 Å². The molecule has 4 heteroatoms. The van der Waals surface area contributed by atoms with Gasteiger partial charge in [0.25, 0.3) is 0 Å². The van der Waals surface area contributed by atoms with Crippen molar-refractivity contribution in [3.8, 4) is 0 Å². The lowest BCUT2D eigenvalue weighted by molar-refractivity contribution is 0.128. The number of rotatable bonds is 3. The van der Waals surface area contributed by atoms with Crippen molar-refractivity contribution in [1.29, 1.82) is 0 Å². The zero-order valence-corrected chi connectivity index (χ0v) is 9.04. The van der Waals surface area contributed by atoms with Crippen molar-refractivity contribution in [1.82, 2.24) is 0 Å². The first kappa shape index (κ1) is 10.8. The molecule has 0 aliphatic carbocycles. The highest BCUT2D eigenvalue weighted by molar-refractivity contribution is 14.1. The zero-order valence-electron chi connectivity index (χ0n) is 6.88. The topological polar surface area (TPSA) is 26.0 Å². The number of alkyl halides is 2. The Morgan fingerprint density at radius 3 is 2.46 bits per heavy atom. The Labute approximate surface area is 89.5 Å². The summed E-state index contributed by atoms with van der Waals surface area (Å²) in [6, 6.07) is 6.76. The van der Waals surface area contributed by atoms with Crippen LogP contribution in [0.2, 0.25) is 0 Å². The monoisotopic (exact) mass is 297 g/mol. The molecule has 1 aromatic rings. The van der Waals surface area contributed by atoms with Crippen LogP contribution in [0.5, 0.6) is 0 Å². The maximum absolute atomic E-state index is 12.0. The standard InChI is InChI=1S/C9H10F2IN/c10-9(11)5-8(13)6-3-1-2-4-7(6)12/h1-4,8-9H,5,13H2/t8-/m0/s1. The average molecular weight is 297 g/mol. The molecule has 0 spiro atoms. The summed E-state index contributed by atoms with van der Waals surface area (Å²) in [5.41, 5.74) is 6.41. The van der Waals surface area contributed by atoms with Gasteiger partial charge < -0.3 is 5.73 Å². The first-order valence-corrected chi connectivity index (χ1v) is 4.97. The molecule has 0 aliphatic heterocycles. The summed E-state index contributed by atoms with van der Waals surface area (Å²) >= 11 is 2.10. The van der Waals surface area contributed by atoms with E-state index in [0.717, 1.165) is 9.13 Å². The normalized spacial score (nSPS) is 13.3. The van der Waals surface area contributed by atoms with Crippen molar-refractivity contribution in [2.45, 2.75) is 18.9 Å². The molecule has 2 N–H and O–H groups in total. The van der Waals surface area contributed by atoms with Gasteiger partial charge in [0.1, 0.15) is 0 Å². The van der Waals surface area contributed by atoms with Crippen molar-refractivity contribution in [3.05, 3.63) is 33.4 Å². The van der Waals surface area contributed by atoms with Crippen LogP contribution in [0, 0.1) is 3.57 Å². The molecular weight excluding hydrogens is 287 g/mol. The van der Waals surface area contributed by atoms with Gasteiger partial charge in [-0.25, -0.2) is 8.78 Å². The van der Waals surface area contributed by atoms with E-state index in [0.29, 0.717) is 0 Å². The fourth-order valence-electron chi connectivity index (χ4n) is 1.09. The number of hydrogen-bond donors (Lipinski definition) is 1. The van der Waals surface area contributed by atoms with Gasteiger partial charge in [-0.2, -0.15) is 0 Å². The summed E-state index contributed by atoms with van der Waals surface area (Å²) in [7, 11) is 0. The van der Waals surface area contributed by atoms with E-state index in [2.05, 4.69) is 22.6 Å². The fraction of sp³-hybridized carbons (Fsp3) is 0.333. The van der Waals surface area contributed by atoms with Crippen LogP contribution in [0.4, 0.5) is 8.78 Å². The van der Waals surface area contributed by atoms with Crippen LogP contribution in [-0.2, 0) is 0 Å². The van der Waals surface area contributed by atoms with Gasteiger partial charge in [0, 0.05) is 16.0 Å². The Hall–Kier alpha value is -0.230. The summed E-state index contributed by atoms with van der Waals surface area (Å²) < 4.78 is 25.0. The number of hydrogen-bond acceptors (Lipinski definition) is 1. The van der Waals surface area contributed by atoms with Crippen molar-refractivity contribution in [3.63, 3.8) is 0 Å². The number of nitrogens with two attached hydrogens (primary N) is 1. The van der Waals surface area contributed by atoms with Crippen molar-refractivity contribution < 1.29 is 8.78 Å². The minimum absolute atomic E-state index is 0.278. The largest absolute Gasteiger partial charge is 0.324 e. The van der Waals surface area contributed by atoms with Crippen LogP contribution < -0.4 is 5.73 Å². The second-order valence-corrected chi connectivity index (χ2v) is 3.92. The first-order valence-electron chi connectivity index (χ1n) is 3.89. The lowest BCUT2D eigenvalue weighted by Crippen LogP contribution is -2.15. The molecular formula is C9H10F2IN. The predicted octanol–water partition coefficient (Wildman–Crippen LogP) is 2.95. The van der Waals surface area contributed by atoms with Gasteiger partial charge in [-0.05, 0) is 34.2 Å². The second-order valence-electron chi connectivity index (χ2n) is 2.75. The quantitative estimate of drug-likeness (QED) is 0.853. The van der Waals surface area contributed by atoms with Gasteiger partial charge in [0.2, 0.25) is 6.43 Å². The van der Waals surface area contributed by atoms with Crippen LogP contribution in [-0.4, -0.2) is 6.43 Å². The van der Waals surface area contributed by atoms with Gasteiger partial charge >= 0.3 is 0 Å². The summed E-state index contributed by atoms with van der Waals surface area (Å²) in [6.45, 7) is 0. The molecule has 0 unspecified atom stereocenters. The Morgan fingerprint density at radius 1 is 1.31 bits per heavy atom. The van der Waals surface area contributed by atoms with E-state index in [9.17, 15) is 8.78 Å². The van der Waals surface area contributed by atoms with Crippen LogP contribution in [0.3, 0.4) is 0 Å². The third-order valence-electron chi connectivity index (χ3n) is 1.74. The van der Waals surface area contributed by atoms with E-state index in [1.807, 2.05) is 18.2 Å². The Balaban J connectivity index is 2.76. The van der Waals surface area contributed by atoms with E-state index in [1.54, 1.807) is 6.07 Å². The molecule has 1 rings (SSSR count). The molecule has 13 heavy (non-hydrogen) atoms. The molecule has 1 atom stereocenters. The molecule has 0 fully saturated rings. The van der Waals surface area contributed by atoms with E-state index >= 15 is 0 Å². The third kappa shape index (κ3) is 3.19. The van der Waals surface area contributed by atoms with Gasteiger partial charge in [-0.1, -0.05) is 18.2 Å². The molecule has 0 radical (unpaired) electrons. The molecule has 0 saturated carbocycles. The predicted molar refractivity (Wildman–Crippen MR) is 56.7 cm³/mol. The van der Waals surface area contributed by atoms with Crippen molar-refractivity contribution >= 4 is 22.6 Å². The highest BCUT2D eigenvalue weighted by Gasteiger charge is 2.14. The number of halogens is 3. The van der Waals surface area contributed by atoms with Crippen LogP contribution in [0.1, 0.15) is 18.0 Å². The van der Waals surface area contributed by atoms with Crippen LogP contribution >= 0.6 is 22.6 Å². The van der Waals surface area contributed by atoms with Crippen LogP contribution in [0.25, 0.3) is 0 Å². The van der Waals surface area contributed by atoms with E-state index in [4.69, 9.17) is 5.73 Å². The molecule has 0 saturated heterocycles. The SMILES string of the molecule is N[C@@H](CC(F)F)c1ccccc1I. The molecule has 0 aromatic heterocycles. The lowest BCUT2D eigenvalue weighted by Gasteiger charge is -2.12. The molecule has 0 bridgehead atoms. The molecule has 1 aromatic carbocycles. The molecule has 0 heterocycles. The maximum Gasteiger partial charge on any atom is 0.240 e. The zero-order chi connectivity index (χ0) is 9.84. The summed E-state index contributed by atoms with van der Waals surface area (Å²) in [6.07, 6.45) is -2.62. The molecule has 1 nitrogen and oxygen atoms in total. The van der Waals surface area contributed by atoms with Crippen molar-refractivity contribution in [2.75, 3.05) is 0 Å². The van der Waals surface area contributed by atoms with Gasteiger partial charge in [0.05, 0.1) is 0 Å². The maximum atomic E-state index is 12.0. The highest BCUT2D eigenvalue weighted by Crippen LogP contribution is 2.22. The van der Waals surface area contributed by atoms with E-state index in [-0.39, 0.29) is 6.42 Å². The lowest BCUT2D eigenvalue weighted by atomic mass is 10.1. The summed E-state index contributed by atoms with van der Waals surface area (Å²) in [4.78, 5) is 0. The third-order valence-corrected chi connectivity index (χ3v) is 2.72. The minimum Gasteiger partial charge on any atom is -0.324 e. The van der Waals surface area contributed by atoms with Gasteiger partial charge in [-0.3, -0.25) is 0 Å². The first-order chi connectivity index (χ1) is 6.11. The smallest absolute Gasteiger partial charge is 0.240 e. The van der Waals surface area contributed by atoms with Crippen molar-refractivity contribution in [2.24, 2.45) is 5.73 Å². The Morgan fingerprint density at radius 2 is 1.92 bits per heavy atom. The molecule has 0 aliphatic rings. The average Bonchev–Trinajstić information content (AvgIpc) is 2.03. The molecule has 0 amide bonds. The summed E-state index contributed by atoms with van der Waals surface area (Å²) in [5, 5.41) is 0. The molecule has 72 valence electrons. The summed E-state index contributed by atoms with van der Waals surface area (Å²) in [5.74, 6) is 0. The van der Waals surface area contributed by atoms with E-state index in [1.165, 1.54) is 0 Å². The minimum atomic E-state index is -2.34. The second kappa shape index (κ2) is 4.85. The van der Waals surface area contributed by atoms with Crippen LogP contribution in [0.15, 0.2) is 24.3 Å². The Kier molecular flexibility index (Phi) is 4.05. The highest BCUT2D eigenvalue weighted by atomic mass is 127. The van der Waals surface area contributed by atoms with Gasteiger partial charge in [-0.15, -0.1) is 0 Å². The number of benzene rings is 1. The Bertz CT molecular complexity index is 278. The fourth-order valence-corrected chi connectivity index (χ4v) is 1.88. The van der Waals surface area contributed by atoms with E-state index < -0.39 is 12.5 Å².